The van der Waals surface area contributed by atoms with E-state index in [9.17, 15) is 10.2 Å². The minimum absolute atomic E-state index is 0.333. The van der Waals surface area contributed by atoms with Crippen molar-refractivity contribution in [3.63, 3.8) is 0 Å². The topological polar surface area (TPSA) is 66.5 Å². The first-order valence-electron chi connectivity index (χ1n) is 4.56. The van der Waals surface area contributed by atoms with Crippen LogP contribution < -0.4 is 5.73 Å². The highest BCUT2D eigenvalue weighted by molar-refractivity contribution is 9.10. The van der Waals surface area contributed by atoms with Crippen LogP contribution in [0.5, 0.6) is 0 Å². The molecule has 0 bridgehead atoms. The van der Waals surface area contributed by atoms with Crippen LogP contribution in [0.2, 0.25) is 5.02 Å². The first-order chi connectivity index (χ1) is 7.04. The standard InChI is InChI=1S/C10H13BrClNO2/c11-7-3-6(4-8(12)5-7)10(15)9(14)1-2-13/h3-5,9-10,14-15H,1-2,13H2. The van der Waals surface area contributed by atoms with E-state index in [2.05, 4.69) is 15.9 Å². The molecule has 2 atom stereocenters. The summed E-state index contributed by atoms with van der Waals surface area (Å²) in [5.74, 6) is 0. The van der Waals surface area contributed by atoms with Crippen LogP contribution >= 0.6 is 27.5 Å². The second kappa shape index (κ2) is 5.82. The SMILES string of the molecule is NCCC(O)C(O)c1cc(Cl)cc(Br)c1. The lowest BCUT2D eigenvalue weighted by Crippen LogP contribution is -2.21. The highest BCUT2D eigenvalue weighted by Crippen LogP contribution is 2.26. The maximum Gasteiger partial charge on any atom is 0.105 e. The Balaban J connectivity index is 2.85. The third-order valence-corrected chi connectivity index (χ3v) is 2.73. The molecule has 0 radical (unpaired) electrons. The van der Waals surface area contributed by atoms with E-state index in [1.807, 2.05) is 0 Å². The van der Waals surface area contributed by atoms with Gasteiger partial charge in [0.15, 0.2) is 0 Å². The maximum atomic E-state index is 9.78. The molecule has 4 N–H and O–H groups in total. The van der Waals surface area contributed by atoms with Crippen molar-refractivity contribution in [2.24, 2.45) is 5.73 Å². The van der Waals surface area contributed by atoms with Crippen LogP contribution in [-0.2, 0) is 0 Å². The highest BCUT2D eigenvalue weighted by atomic mass is 79.9. The Morgan fingerprint density at radius 2 is 2.00 bits per heavy atom. The van der Waals surface area contributed by atoms with Crippen molar-refractivity contribution >= 4 is 27.5 Å². The van der Waals surface area contributed by atoms with Gasteiger partial charge in [-0.05, 0) is 36.7 Å². The smallest absolute Gasteiger partial charge is 0.105 e. The monoisotopic (exact) mass is 293 g/mol. The number of hydrogen-bond acceptors (Lipinski definition) is 3. The van der Waals surface area contributed by atoms with Gasteiger partial charge in [-0.15, -0.1) is 0 Å². The third kappa shape index (κ3) is 3.74. The zero-order valence-electron chi connectivity index (χ0n) is 8.03. The van der Waals surface area contributed by atoms with Crippen molar-refractivity contribution in [3.05, 3.63) is 33.3 Å². The number of aliphatic hydroxyl groups excluding tert-OH is 2. The zero-order valence-corrected chi connectivity index (χ0v) is 10.4. The molecule has 0 amide bonds. The van der Waals surface area contributed by atoms with Crippen molar-refractivity contribution < 1.29 is 10.2 Å². The Morgan fingerprint density at radius 1 is 1.33 bits per heavy atom. The number of aliphatic hydroxyl groups is 2. The van der Waals surface area contributed by atoms with Crippen LogP contribution in [0.25, 0.3) is 0 Å². The largest absolute Gasteiger partial charge is 0.390 e. The predicted molar refractivity (Wildman–Crippen MR) is 63.8 cm³/mol. The van der Waals surface area contributed by atoms with Gasteiger partial charge >= 0.3 is 0 Å². The molecule has 0 heterocycles. The second-order valence-electron chi connectivity index (χ2n) is 3.29. The summed E-state index contributed by atoms with van der Waals surface area (Å²) in [5, 5.41) is 19.9. The lowest BCUT2D eigenvalue weighted by Gasteiger charge is -2.17. The fourth-order valence-corrected chi connectivity index (χ4v) is 2.18. The first-order valence-corrected chi connectivity index (χ1v) is 5.74. The molecule has 1 aromatic carbocycles. The van der Waals surface area contributed by atoms with E-state index in [1.54, 1.807) is 18.2 Å². The first kappa shape index (κ1) is 12.9. The number of hydrogen-bond donors (Lipinski definition) is 3. The molecule has 5 heteroatoms. The quantitative estimate of drug-likeness (QED) is 0.794. The molecule has 0 aliphatic heterocycles. The molecule has 0 saturated carbocycles. The summed E-state index contributed by atoms with van der Waals surface area (Å²) in [6.07, 6.45) is -1.46. The molecule has 0 saturated heterocycles. The van der Waals surface area contributed by atoms with E-state index in [0.29, 0.717) is 23.6 Å². The molecule has 0 aliphatic carbocycles. The Bertz CT molecular complexity index is 315. The number of halogens is 2. The zero-order chi connectivity index (χ0) is 11.4. The molecule has 84 valence electrons. The van der Waals surface area contributed by atoms with Gasteiger partial charge in [-0.3, -0.25) is 0 Å². The van der Waals surface area contributed by atoms with Gasteiger partial charge in [0.25, 0.3) is 0 Å². The van der Waals surface area contributed by atoms with Crippen LogP contribution in [0, 0.1) is 0 Å². The van der Waals surface area contributed by atoms with Crippen molar-refractivity contribution in [1.29, 1.82) is 0 Å². The summed E-state index contributed by atoms with van der Waals surface area (Å²) >= 11 is 9.10. The van der Waals surface area contributed by atoms with Crippen LogP contribution in [0.15, 0.2) is 22.7 Å². The van der Waals surface area contributed by atoms with Gasteiger partial charge in [0.05, 0.1) is 6.10 Å². The fraction of sp³-hybridized carbons (Fsp3) is 0.400. The molecular weight excluding hydrogens is 281 g/mol. The normalized spacial score (nSPS) is 15.0. The van der Waals surface area contributed by atoms with E-state index < -0.39 is 12.2 Å². The molecule has 0 spiro atoms. The minimum atomic E-state index is -0.955. The van der Waals surface area contributed by atoms with Crippen LogP contribution in [0.4, 0.5) is 0 Å². The third-order valence-electron chi connectivity index (χ3n) is 2.05. The van der Waals surface area contributed by atoms with E-state index in [0.717, 1.165) is 4.47 Å². The van der Waals surface area contributed by atoms with Crippen molar-refractivity contribution in [2.45, 2.75) is 18.6 Å². The molecule has 2 unspecified atom stereocenters. The van der Waals surface area contributed by atoms with Gasteiger partial charge in [-0.25, -0.2) is 0 Å². The van der Waals surface area contributed by atoms with Crippen molar-refractivity contribution in [1.82, 2.24) is 0 Å². The Hall–Kier alpha value is -0.130. The molecule has 1 aromatic rings. The van der Waals surface area contributed by atoms with Crippen molar-refractivity contribution in [2.75, 3.05) is 6.54 Å². The molecule has 0 aromatic heterocycles. The summed E-state index contributed by atoms with van der Waals surface area (Å²) in [7, 11) is 0. The summed E-state index contributed by atoms with van der Waals surface area (Å²) in [6, 6.07) is 5.06. The van der Waals surface area contributed by atoms with Gasteiger partial charge in [0.2, 0.25) is 0 Å². The van der Waals surface area contributed by atoms with E-state index >= 15 is 0 Å². The Morgan fingerprint density at radius 3 is 2.53 bits per heavy atom. The highest BCUT2D eigenvalue weighted by Gasteiger charge is 2.18. The van der Waals surface area contributed by atoms with Gasteiger partial charge in [0.1, 0.15) is 6.10 Å². The Kier molecular flexibility index (Phi) is 5.02. The number of rotatable bonds is 4. The van der Waals surface area contributed by atoms with Crippen LogP contribution in [-0.4, -0.2) is 22.9 Å². The molecular formula is C10H13BrClNO2. The average Bonchev–Trinajstić information content (AvgIpc) is 2.15. The van der Waals surface area contributed by atoms with Crippen LogP contribution in [0.3, 0.4) is 0 Å². The average molecular weight is 295 g/mol. The number of nitrogens with two attached hydrogens (primary N) is 1. The molecule has 15 heavy (non-hydrogen) atoms. The van der Waals surface area contributed by atoms with E-state index in [-0.39, 0.29) is 0 Å². The Labute approximate surface area is 102 Å². The minimum Gasteiger partial charge on any atom is -0.390 e. The molecule has 3 nitrogen and oxygen atoms in total. The molecule has 1 rings (SSSR count). The summed E-state index contributed by atoms with van der Waals surface area (Å²) in [6.45, 7) is 0.333. The van der Waals surface area contributed by atoms with E-state index in [1.165, 1.54) is 0 Å². The van der Waals surface area contributed by atoms with Gasteiger partial charge < -0.3 is 15.9 Å². The van der Waals surface area contributed by atoms with Crippen LogP contribution in [0.1, 0.15) is 18.1 Å². The maximum absolute atomic E-state index is 9.78. The lowest BCUT2D eigenvalue weighted by molar-refractivity contribution is 0.0150. The van der Waals surface area contributed by atoms with Crippen molar-refractivity contribution in [3.8, 4) is 0 Å². The summed E-state index contributed by atoms with van der Waals surface area (Å²) in [5.41, 5.74) is 5.88. The fourth-order valence-electron chi connectivity index (χ4n) is 1.30. The number of benzene rings is 1. The molecule has 0 fully saturated rings. The predicted octanol–water partition coefficient (Wildman–Crippen LogP) is 1.85. The van der Waals surface area contributed by atoms with Gasteiger partial charge in [-0.1, -0.05) is 27.5 Å². The second-order valence-corrected chi connectivity index (χ2v) is 4.64. The van der Waals surface area contributed by atoms with E-state index in [4.69, 9.17) is 17.3 Å². The van der Waals surface area contributed by atoms with Gasteiger partial charge in [-0.2, -0.15) is 0 Å². The van der Waals surface area contributed by atoms with Gasteiger partial charge in [0, 0.05) is 9.50 Å². The summed E-state index contributed by atoms with van der Waals surface area (Å²) in [4.78, 5) is 0. The molecule has 0 aliphatic rings. The lowest BCUT2D eigenvalue weighted by atomic mass is 10.0. The summed E-state index contributed by atoms with van der Waals surface area (Å²) < 4.78 is 0.768.